The van der Waals surface area contributed by atoms with Crippen molar-refractivity contribution >= 4 is 30.7 Å². The Kier molecular flexibility index (Phi) is 16.9. The smallest absolute Gasteiger partial charge is 0.237 e. The Bertz CT molecular complexity index is 286. The van der Waals surface area contributed by atoms with Crippen LogP contribution in [0.5, 0.6) is 0 Å². The van der Waals surface area contributed by atoms with Crippen molar-refractivity contribution < 1.29 is 9.53 Å². The van der Waals surface area contributed by atoms with Crippen molar-refractivity contribution in [2.75, 3.05) is 45.9 Å². The van der Waals surface area contributed by atoms with E-state index in [0.717, 1.165) is 58.7 Å². The summed E-state index contributed by atoms with van der Waals surface area (Å²) in [5.41, 5.74) is 0. The van der Waals surface area contributed by atoms with E-state index in [0.29, 0.717) is 12.5 Å². The van der Waals surface area contributed by atoms with Gasteiger partial charge in [-0.1, -0.05) is 33.6 Å². The summed E-state index contributed by atoms with van der Waals surface area (Å²) in [5, 5.41) is 6.42. The molecule has 1 aliphatic heterocycles. The number of nitrogens with zero attached hydrogens (tertiary/aromatic N) is 1. The monoisotopic (exact) mass is 371 g/mol. The van der Waals surface area contributed by atoms with Crippen molar-refractivity contribution in [3.63, 3.8) is 0 Å². The van der Waals surface area contributed by atoms with Crippen LogP contribution < -0.4 is 10.6 Å². The third-order valence-corrected chi connectivity index (χ3v) is 4.23. The molecule has 1 heterocycles. The summed E-state index contributed by atoms with van der Waals surface area (Å²) < 4.78 is 5.42. The second kappa shape index (κ2) is 15.5. The van der Waals surface area contributed by atoms with E-state index >= 15 is 0 Å². The largest absolute Gasteiger partial charge is 0.379 e. The van der Waals surface area contributed by atoms with E-state index in [1.807, 2.05) is 0 Å². The molecule has 0 aromatic heterocycles. The first-order valence-corrected chi connectivity index (χ1v) is 8.54. The Hall–Kier alpha value is -0.0700. The van der Waals surface area contributed by atoms with Crippen molar-refractivity contribution in [3.05, 3.63) is 0 Å². The van der Waals surface area contributed by atoms with Crippen LogP contribution >= 0.6 is 24.8 Å². The first-order valence-electron chi connectivity index (χ1n) is 8.54. The average Bonchev–Trinajstić information content (AvgIpc) is 2.52. The second-order valence-electron chi connectivity index (χ2n) is 5.71. The van der Waals surface area contributed by atoms with Crippen LogP contribution in [0.3, 0.4) is 0 Å². The van der Waals surface area contributed by atoms with Gasteiger partial charge in [0.1, 0.15) is 0 Å². The summed E-state index contributed by atoms with van der Waals surface area (Å²) in [6, 6.07) is -0.00456. The second-order valence-corrected chi connectivity index (χ2v) is 5.71. The number of hydrogen-bond donors (Lipinski definition) is 2. The zero-order valence-electron chi connectivity index (χ0n) is 14.8. The van der Waals surface area contributed by atoms with Crippen LogP contribution in [0, 0.1) is 5.92 Å². The minimum absolute atomic E-state index is 0. The van der Waals surface area contributed by atoms with Crippen molar-refractivity contribution in [2.24, 2.45) is 5.92 Å². The molecule has 1 amide bonds. The molecule has 0 aromatic rings. The molecular formula is C16H35Cl2N3O2. The highest BCUT2D eigenvalue weighted by molar-refractivity contribution is 5.85. The van der Waals surface area contributed by atoms with Gasteiger partial charge >= 0.3 is 0 Å². The predicted octanol–water partition coefficient (Wildman–Crippen LogP) is 2.08. The molecule has 0 spiro atoms. The third-order valence-electron chi connectivity index (χ3n) is 4.23. The lowest BCUT2D eigenvalue weighted by Crippen LogP contribution is -2.55. The van der Waals surface area contributed by atoms with Gasteiger partial charge in [0.15, 0.2) is 0 Å². The maximum Gasteiger partial charge on any atom is 0.237 e. The topological polar surface area (TPSA) is 53.6 Å². The van der Waals surface area contributed by atoms with Gasteiger partial charge in [0.05, 0.1) is 19.3 Å². The van der Waals surface area contributed by atoms with Crippen LogP contribution in [0.15, 0.2) is 0 Å². The molecule has 1 atom stereocenters. The fourth-order valence-electron chi connectivity index (χ4n) is 2.95. The molecule has 1 unspecified atom stereocenters. The van der Waals surface area contributed by atoms with Crippen LogP contribution in [0.1, 0.15) is 40.0 Å². The third kappa shape index (κ3) is 9.11. The number of halogens is 2. The highest BCUT2D eigenvalue weighted by atomic mass is 35.5. The summed E-state index contributed by atoms with van der Waals surface area (Å²) in [6.45, 7) is 12.3. The molecule has 2 N–H and O–H groups in total. The van der Waals surface area contributed by atoms with Crippen molar-refractivity contribution in [2.45, 2.75) is 46.1 Å². The maximum atomic E-state index is 12.6. The number of rotatable bonds is 10. The predicted molar refractivity (Wildman–Crippen MR) is 101 cm³/mol. The Labute approximate surface area is 154 Å². The molecule has 1 aliphatic rings. The van der Waals surface area contributed by atoms with Gasteiger partial charge in [0.25, 0.3) is 0 Å². The Balaban J connectivity index is 0. The van der Waals surface area contributed by atoms with Gasteiger partial charge < -0.3 is 15.4 Å². The van der Waals surface area contributed by atoms with Gasteiger partial charge in [-0.2, -0.15) is 0 Å². The van der Waals surface area contributed by atoms with E-state index < -0.39 is 0 Å². The quantitative estimate of drug-likeness (QED) is 0.577. The summed E-state index contributed by atoms with van der Waals surface area (Å²) >= 11 is 0. The van der Waals surface area contributed by atoms with Crippen LogP contribution in [-0.2, 0) is 9.53 Å². The minimum Gasteiger partial charge on any atom is -0.379 e. The number of ether oxygens (including phenoxy) is 1. The highest BCUT2D eigenvalue weighted by Crippen LogP contribution is 2.20. The fourth-order valence-corrected chi connectivity index (χ4v) is 2.95. The lowest BCUT2D eigenvalue weighted by atomic mass is 9.91. The molecule has 23 heavy (non-hydrogen) atoms. The first-order chi connectivity index (χ1) is 10.2. The average molecular weight is 372 g/mol. The highest BCUT2D eigenvalue weighted by Gasteiger charge is 2.32. The van der Waals surface area contributed by atoms with E-state index in [1.165, 1.54) is 0 Å². The van der Waals surface area contributed by atoms with E-state index in [-0.39, 0.29) is 36.8 Å². The molecule has 5 nitrogen and oxygen atoms in total. The summed E-state index contributed by atoms with van der Waals surface area (Å²) in [6.07, 6.45) is 3.21. The standard InChI is InChI=1S/C16H33N3O2.2ClH/c1-4-7-17-8-9-18-16(20)15(14(5-2)6-3)19-10-12-21-13-11-19;;/h14-15,17H,4-13H2,1-3H3,(H,18,20);2*1H. The van der Waals surface area contributed by atoms with E-state index in [2.05, 4.69) is 36.3 Å². The van der Waals surface area contributed by atoms with Crippen molar-refractivity contribution in [3.8, 4) is 0 Å². The Morgan fingerprint density at radius 3 is 2.17 bits per heavy atom. The number of carbonyl (C=O) groups is 1. The van der Waals surface area contributed by atoms with Crippen molar-refractivity contribution in [1.29, 1.82) is 0 Å². The van der Waals surface area contributed by atoms with Crippen LogP contribution in [0.4, 0.5) is 0 Å². The number of carbonyl (C=O) groups excluding carboxylic acids is 1. The molecule has 0 saturated carbocycles. The molecule has 0 aromatic carbocycles. The molecule has 1 rings (SSSR count). The first kappa shape index (κ1) is 25.2. The van der Waals surface area contributed by atoms with Gasteiger partial charge in [-0.3, -0.25) is 9.69 Å². The Morgan fingerprint density at radius 1 is 1.04 bits per heavy atom. The van der Waals surface area contributed by atoms with Gasteiger partial charge in [-0.25, -0.2) is 0 Å². The van der Waals surface area contributed by atoms with Gasteiger partial charge in [0.2, 0.25) is 5.91 Å². The molecule has 0 radical (unpaired) electrons. The fraction of sp³-hybridized carbons (Fsp3) is 0.938. The summed E-state index contributed by atoms with van der Waals surface area (Å²) in [7, 11) is 0. The molecule has 1 saturated heterocycles. The molecule has 140 valence electrons. The number of morpholine rings is 1. The maximum absolute atomic E-state index is 12.6. The number of hydrogen-bond acceptors (Lipinski definition) is 4. The van der Waals surface area contributed by atoms with Gasteiger partial charge in [-0.05, 0) is 18.9 Å². The number of amides is 1. The summed E-state index contributed by atoms with van der Waals surface area (Å²) in [5.74, 6) is 0.607. The lowest BCUT2D eigenvalue weighted by molar-refractivity contribution is -0.130. The minimum atomic E-state index is -0.00456. The molecular weight excluding hydrogens is 337 g/mol. The Morgan fingerprint density at radius 2 is 1.65 bits per heavy atom. The SMILES string of the molecule is CCCNCCNC(=O)C(C(CC)CC)N1CCOCC1.Cl.Cl. The van der Waals surface area contributed by atoms with Gasteiger partial charge in [-0.15, -0.1) is 24.8 Å². The number of nitrogens with one attached hydrogen (secondary N) is 2. The van der Waals surface area contributed by atoms with Crippen LogP contribution in [-0.4, -0.2) is 62.8 Å². The van der Waals surface area contributed by atoms with E-state index in [1.54, 1.807) is 0 Å². The van der Waals surface area contributed by atoms with E-state index in [9.17, 15) is 4.79 Å². The molecule has 1 fully saturated rings. The molecule has 0 bridgehead atoms. The lowest BCUT2D eigenvalue weighted by Gasteiger charge is -2.37. The molecule has 0 aliphatic carbocycles. The zero-order valence-corrected chi connectivity index (χ0v) is 16.4. The van der Waals surface area contributed by atoms with E-state index in [4.69, 9.17) is 4.74 Å². The van der Waals surface area contributed by atoms with Crippen LogP contribution in [0.2, 0.25) is 0 Å². The zero-order chi connectivity index (χ0) is 15.5. The molecule has 7 heteroatoms. The normalized spacial score (nSPS) is 16.3. The van der Waals surface area contributed by atoms with Crippen LogP contribution in [0.25, 0.3) is 0 Å². The summed E-state index contributed by atoms with van der Waals surface area (Å²) in [4.78, 5) is 14.9. The van der Waals surface area contributed by atoms with Crippen molar-refractivity contribution in [1.82, 2.24) is 15.5 Å². The van der Waals surface area contributed by atoms with Gasteiger partial charge in [0, 0.05) is 26.2 Å².